The number of carbonyl (C=O) groups excluding carboxylic acids is 2. The number of nitrogens with two attached hydrogens (primary N) is 2. The maximum Gasteiger partial charge on any atom is 0.332 e. The van der Waals surface area contributed by atoms with Gasteiger partial charge >= 0.3 is 5.97 Å². The molecule has 0 aromatic heterocycles. The van der Waals surface area contributed by atoms with Gasteiger partial charge in [-0.05, 0) is 18.8 Å². The van der Waals surface area contributed by atoms with Crippen LogP contribution >= 0.6 is 0 Å². The van der Waals surface area contributed by atoms with Crippen molar-refractivity contribution in [3.8, 4) is 0 Å². The lowest BCUT2D eigenvalue weighted by Crippen LogP contribution is -2.44. The molecule has 68 valence electrons. The highest BCUT2D eigenvalue weighted by atomic mass is 16.5. The molecule has 0 spiro atoms. The van der Waals surface area contributed by atoms with Crippen LogP contribution in [-0.4, -0.2) is 24.5 Å². The molecule has 0 saturated heterocycles. The molecule has 5 heteroatoms. The van der Waals surface area contributed by atoms with E-state index in [4.69, 9.17) is 16.2 Å². The fraction of sp³-hybridized carbons (Fsp3) is 0.714. The van der Waals surface area contributed by atoms with Crippen LogP contribution in [-0.2, 0) is 14.3 Å². The van der Waals surface area contributed by atoms with Gasteiger partial charge in [-0.3, -0.25) is 4.79 Å². The van der Waals surface area contributed by atoms with Gasteiger partial charge in [-0.2, -0.15) is 0 Å². The van der Waals surface area contributed by atoms with E-state index in [1.165, 1.54) is 0 Å². The van der Waals surface area contributed by atoms with Gasteiger partial charge in [0, 0.05) is 0 Å². The van der Waals surface area contributed by atoms with Crippen molar-refractivity contribution in [1.82, 2.24) is 0 Å². The summed E-state index contributed by atoms with van der Waals surface area (Å²) in [6, 6.07) is -1.32. The molecule has 0 aliphatic heterocycles. The van der Waals surface area contributed by atoms with E-state index < -0.39 is 17.9 Å². The van der Waals surface area contributed by atoms with Crippen LogP contribution in [0.4, 0.5) is 0 Å². The Hall–Kier alpha value is -1.10. The molecule has 4 N–H and O–H groups in total. The average Bonchev–Trinajstić information content (AvgIpc) is 2.81. The maximum atomic E-state index is 10.9. The van der Waals surface area contributed by atoms with E-state index >= 15 is 0 Å². The van der Waals surface area contributed by atoms with Crippen LogP contribution in [0.3, 0.4) is 0 Å². The van der Waals surface area contributed by atoms with Gasteiger partial charge in [0.25, 0.3) is 0 Å². The van der Waals surface area contributed by atoms with E-state index in [2.05, 4.69) is 0 Å². The van der Waals surface area contributed by atoms with Crippen LogP contribution in [0.2, 0.25) is 0 Å². The van der Waals surface area contributed by atoms with E-state index in [0.717, 1.165) is 12.8 Å². The van der Waals surface area contributed by atoms with Crippen LogP contribution in [0.25, 0.3) is 0 Å². The number of rotatable bonds is 4. The predicted octanol–water partition coefficient (Wildman–Crippen LogP) is -1.25. The highest BCUT2D eigenvalue weighted by molar-refractivity contribution is 6.00. The molecule has 1 amide bonds. The van der Waals surface area contributed by atoms with Crippen LogP contribution in [0.15, 0.2) is 0 Å². The second kappa shape index (κ2) is 3.53. The highest BCUT2D eigenvalue weighted by Crippen LogP contribution is 2.28. The first-order valence-electron chi connectivity index (χ1n) is 3.83. The van der Waals surface area contributed by atoms with E-state index in [0.29, 0.717) is 12.5 Å². The maximum absolute atomic E-state index is 10.9. The van der Waals surface area contributed by atoms with Crippen molar-refractivity contribution in [3.63, 3.8) is 0 Å². The van der Waals surface area contributed by atoms with Gasteiger partial charge in [0.05, 0.1) is 6.61 Å². The molecule has 1 atom stereocenters. The van der Waals surface area contributed by atoms with Crippen molar-refractivity contribution in [2.75, 3.05) is 6.61 Å². The lowest BCUT2D eigenvalue weighted by Gasteiger charge is -2.06. The molecule has 0 unspecified atom stereocenters. The molecule has 0 bridgehead atoms. The van der Waals surface area contributed by atoms with E-state index in [9.17, 15) is 9.59 Å². The van der Waals surface area contributed by atoms with Gasteiger partial charge in [0.1, 0.15) is 0 Å². The quantitative estimate of drug-likeness (QED) is 0.409. The molecular formula is C7H12N2O3. The van der Waals surface area contributed by atoms with Crippen molar-refractivity contribution in [2.24, 2.45) is 17.4 Å². The molecule has 0 heterocycles. The molecule has 0 radical (unpaired) electrons. The zero-order chi connectivity index (χ0) is 9.14. The Balaban J connectivity index is 2.21. The van der Waals surface area contributed by atoms with Gasteiger partial charge in [-0.25, -0.2) is 4.79 Å². The van der Waals surface area contributed by atoms with Crippen LogP contribution in [0.1, 0.15) is 12.8 Å². The molecule has 5 nitrogen and oxygen atoms in total. The fourth-order valence-electron chi connectivity index (χ4n) is 0.690. The summed E-state index contributed by atoms with van der Waals surface area (Å²) >= 11 is 0. The van der Waals surface area contributed by atoms with E-state index in [-0.39, 0.29) is 0 Å². The van der Waals surface area contributed by atoms with E-state index in [1.54, 1.807) is 0 Å². The Labute approximate surface area is 70.0 Å². The summed E-state index contributed by atoms with van der Waals surface area (Å²) in [5.41, 5.74) is 9.91. The number of hydrogen-bond acceptors (Lipinski definition) is 4. The lowest BCUT2D eigenvalue weighted by molar-refractivity contribution is -0.148. The van der Waals surface area contributed by atoms with Crippen molar-refractivity contribution in [3.05, 3.63) is 0 Å². The van der Waals surface area contributed by atoms with Crippen molar-refractivity contribution >= 4 is 11.9 Å². The summed E-state index contributed by atoms with van der Waals surface area (Å²) in [4.78, 5) is 21.3. The summed E-state index contributed by atoms with van der Waals surface area (Å²) < 4.78 is 4.72. The van der Waals surface area contributed by atoms with Gasteiger partial charge < -0.3 is 16.2 Å². The predicted molar refractivity (Wildman–Crippen MR) is 40.9 cm³/mol. The first kappa shape index (κ1) is 8.99. The fourth-order valence-corrected chi connectivity index (χ4v) is 0.690. The summed E-state index contributed by atoms with van der Waals surface area (Å²) in [5, 5.41) is 0. The summed E-state index contributed by atoms with van der Waals surface area (Å²) in [6.07, 6.45) is 2.16. The second-order valence-electron chi connectivity index (χ2n) is 2.95. The SMILES string of the molecule is NC(=O)[C@@H](N)C(=O)OCC1CC1. The van der Waals surface area contributed by atoms with Crippen molar-refractivity contribution in [1.29, 1.82) is 0 Å². The molecular weight excluding hydrogens is 160 g/mol. The Morgan fingerprint density at radius 2 is 2.08 bits per heavy atom. The van der Waals surface area contributed by atoms with Gasteiger partial charge in [-0.15, -0.1) is 0 Å². The van der Waals surface area contributed by atoms with Crippen molar-refractivity contribution < 1.29 is 14.3 Å². The minimum absolute atomic E-state index is 0.361. The Morgan fingerprint density at radius 1 is 1.50 bits per heavy atom. The third-order valence-electron chi connectivity index (χ3n) is 1.72. The third kappa shape index (κ3) is 2.50. The second-order valence-corrected chi connectivity index (χ2v) is 2.95. The average molecular weight is 172 g/mol. The summed E-state index contributed by atoms with van der Waals surface area (Å²) in [7, 11) is 0. The first-order chi connectivity index (χ1) is 5.61. The minimum atomic E-state index is -1.32. The Morgan fingerprint density at radius 3 is 2.50 bits per heavy atom. The normalized spacial score (nSPS) is 18.4. The van der Waals surface area contributed by atoms with Crippen LogP contribution < -0.4 is 11.5 Å². The molecule has 1 saturated carbocycles. The molecule has 1 fully saturated rings. The first-order valence-corrected chi connectivity index (χ1v) is 3.83. The van der Waals surface area contributed by atoms with Gasteiger partial charge in [0.2, 0.25) is 5.91 Å². The molecule has 0 aromatic rings. The molecule has 1 aliphatic rings. The van der Waals surface area contributed by atoms with Gasteiger partial charge in [-0.1, -0.05) is 0 Å². The highest BCUT2D eigenvalue weighted by Gasteiger charge is 2.26. The van der Waals surface area contributed by atoms with E-state index in [1.807, 2.05) is 0 Å². The van der Waals surface area contributed by atoms with Crippen LogP contribution in [0, 0.1) is 5.92 Å². The lowest BCUT2D eigenvalue weighted by atomic mass is 10.3. The molecule has 0 aromatic carbocycles. The standard InChI is InChI=1S/C7H12N2O3/c8-5(6(9)10)7(11)12-3-4-1-2-4/h4-5H,1-3,8H2,(H2,9,10)/t5-/m1/s1. The Kier molecular flexibility index (Phi) is 2.65. The molecule has 1 aliphatic carbocycles. The monoisotopic (exact) mass is 172 g/mol. The van der Waals surface area contributed by atoms with Crippen molar-refractivity contribution in [2.45, 2.75) is 18.9 Å². The largest absolute Gasteiger partial charge is 0.464 e. The smallest absolute Gasteiger partial charge is 0.332 e. The van der Waals surface area contributed by atoms with Crippen LogP contribution in [0.5, 0.6) is 0 Å². The molecule has 1 rings (SSSR count). The number of primary amides is 1. The van der Waals surface area contributed by atoms with Gasteiger partial charge in [0.15, 0.2) is 6.04 Å². The number of hydrogen-bond donors (Lipinski definition) is 2. The Bertz CT molecular complexity index is 201. The minimum Gasteiger partial charge on any atom is -0.464 e. The number of esters is 1. The molecule has 12 heavy (non-hydrogen) atoms. The summed E-state index contributed by atoms with van der Waals surface area (Å²) in [6.45, 7) is 0.361. The number of ether oxygens (including phenoxy) is 1. The summed E-state index contributed by atoms with van der Waals surface area (Å²) in [5.74, 6) is -1.11. The zero-order valence-corrected chi connectivity index (χ0v) is 6.66. The number of carbonyl (C=O) groups is 2. The zero-order valence-electron chi connectivity index (χ0n) is 6.66. The number of amides is 1. The topological polar surface area (TPSA) is 95.4 Å². The third-order valence-corrected chi connectivity index (χ3v) is 1.72.